The summed E-state index contributed by atoms with van der Waals surface area (Å²) in [5, 5.41) is 26.7. The van der Waals surface area contributed by atoms with Gasteiger partial charge in [0.15, 0.2) is 10.8 Å². The van der Waals surface area contributed by atoms with Crippen molar-refractivity contribution in [1.29, 1.82) is 0 Å². The fourth-order valence-corrected chi connectivity index (χ4v) is 1.87. The van der Waals surface area contributed by atoms with Crippen LogP contribution in [-0.2, 0) is 4.79 Å². The van der Waals surface area contributed by atoms with Gasteiger partial charge in [-0.1, -0.05) is 0 Å². The molecule has 1 aromatic carbocycles. The van der Waals surface area contributed by atoms with E-state index >= 15 is 0 Å². The monoisotopic (exact) mass is 353 g/mol. The molecule has 0 spiro atoms. The SMILES string of the molecule is CN(C)CCCNC(=S)N/N=C(/C(=O)O)c1ccc([N+](=O)[O-])cc1. The first-order valence-corrected chi connectivity index (χ1v) is 7.46. The predicted molar refractivity (Wildman–Crippen MR) is 94.2 cm³/mol. The number of nitro benzene ring substituents is 1. The van der Waals surface area contributed by atoms with Crippen molar-refractivity contribution in [1.82, 2.24) is 15.6 Å². The van der Waals surface area contributed by atoms with Gasteiger partial charge in [-0.15, -0.1) is 0 Å². The maximum atomic E-state index is 11.3. The molecule has 0 unspecified atom stereocenters. The van der Waals surface area contributed by atoms with Crippen LogP contribution in [0.1, 0.15) is 12.0 Å². The Kier molecular flexibility index (Phi) is 7.72. The highest BCUT2D eigenvalue weighted by molar-refractivity contribution is 7.80. The Balaban J connectivity index is 2.67. The second kappa shape index (κ2) is 9.53. The van der Waals surface area contributed by atoms with Crippen LogP contribution in [0.5, 0.6) is 0 Å². The Morgan fingerprint density at radius 3 is 2.50 bits per heavy atom. The molecule has 0 radical (unpaired) electrons. The van der Waals surface area contributed by atoms with E-state index in [4.69, 9.17) is 12.2 Å². The number of non-ortho nitro benzene ring substituents is 1. The summed E-state index contributed by atoms with van der Waals surface area (Å²) < 4.78 is 0. The molecule has 9 nitrogen and oxygen atoms in total. The largest absolute Gasteiger partial charge is 0.476 e. The molecule has 0 heterocycles. The van der Waals surface area contributed by atoms with E-state index in [2.05, 4.69) is 15.8 Å². The fraction of sp³-hybridized carbons (Fsp3) is 0.357. The van der Waals surface area contributed by atoms with Gasteiger partial charge in [-0.25, -0.2) is 4.79 Å². The molecule has 3 N–H and O–H groups in total. The molecule has 1 aromatic rings. The third-order valence-corrected chi connectivity index (χ3v) is 3.13. The van der Waals surface area contributed by atoms with Crippen LogP contribution in [0.2, 0.25) is 0 Å². The van der Waals surface area contributed by atoms with Crippen LogP contribution in [0.4, 0.5) is 5.69 Å². The van der Waals surface area contributed by atoms with E-state index in [-0.39, 0.29) is 22.1 Å². The van der Waals surface area contributed by atoms with Gasteiger partial charge < -0.3 is 15.3 Å². The summed E-state index contributed by atoms with van der Waals surface area (Å²) in [7, 11) is 3.93. The Labute approximate surface area is 144 Å². The maximum Gasteiger partial charge on any atom is 0.356 e. The molecule has 0 saturated carbocycles. The third-order valence-electron chi connectivity index (χ3n) is 2.89. The van der Waals surface area contributed by atoms with Crippen LogP contribution in [0.3, 0.4) is 0 Å². The molecule has 0 aliphatic rings. The van der Waals surface area contributed by atoms with Crippen molar-refractivity contribution < 1.29 is 14.8 Å². The molecule has 0 amide bonds. The molecule has 10 heteroatoms. The van der Waals surface area contributed by atoms with Crippen molar-refractivity contribution in [3.8, 4) is 0 Å². The van der Waals surface area contributed by atoms with Gasteiger partial charge in [0.2, 0.25) is 0 Å². The van der Waals surface area contributed by atoms with E-state index in [1.807, 2.05) is 19.0 Å². The predicted octanol–water partition coefficient (Wildman–Crippen LogP) is 0.799. The Bertz CT molecular complexity index is 631. The van der Waals surface area contributed by atoms with Crippen LogP contribution in [0, 0.1) is 10.1 Å². The zero-order chi connectivity index (χ0) is 18.1. The summed E-state index contributed by atoms with van der Waals surface area (Å²) in [6, 6.07) is 5.07. The average Bonchev–Trinajstić information content (AvgIpc) is 2.51. The number of carboxylic acids is 1. The first-order chi connectivity index (χ1) is 11.3. The highest BCUT2D eigenvalue weighted by atomic mass is 32.1. The maximum absolute atomic E-state index is 11.3. The number of nitrogens with one attached hydrogen (secondary N) is 2. The minimum atomic E-state index is -1.27. The van der Waals surface area contributed by atoms with Crippen LogP contribution < -0.4 is 10.7 Å². The topological polar surface area (TPSA) is 120 Å². The van der Waals surface area contributed by atoms with Gasteiger partial charge in [-0.2, -0.15) is 5.10 Å². The fourth-order valence-electron chi connectivity index (χ4n) is 1.72. The summed E-state index contributed by atoms with van der Waals surface area (Å²) in [4.78, 5) is 23.4. The molecular formula is C14H19N5O4S. The molecule has 0 aliphatic carbocycles. The summed E-state index contributed by atoms with van der Waals surface area (Å²) in [5.74, 6) is -1.27. The van der Waals surface area contributed by atoms with Gasteiger partial charge in [0.1, 0.15) is 0 Å². The summed E-state index contributed by atoms with van der Waals surface area (Å²) >= 11 is 5.02. The second-order valence-corrected chi connectivity index (χ2v) is 5.50. The third kappa shape index (κ3) is 6.67. The number of hydrazone groups is 1. The lowest BCUT2D eigenvalue weighted by Gasteiger charge is -2.11. The first kappa shape index (κ1) is 19.5. The number of thiocarbonyl (C=S) groups is 1. The number of nitrogens with zero attached hydrogens (tertiary/aromatic N) is 3. The van der Waals surface area contributed by atoms with Gasteiger partial charge in [-0.05, 0) is 51.4 Å². The van der Waals surface area contributed by atoms with E-state index in [0.717, 1.165) is 13.0 Å². The number of carboxylic acid groups (broad SMARTS) is 1. The van der Waals surface area contributed by atoms with Crippen molar-refractivity contribution in [3.63, 3.8) is 0 Å². The van der Waals surface area contributed by atoms with Gasteiger partial charge in [0.05, 0.1) is 4.92 Å². The molecule has 0 aliphatic heterocycles. The minimum absolute atomic E-state index is 0.130. The molecule has 0 aromatic heterocycles. The molecular weight excluding hydrogens is 334 g/mol. The molecule has 24 heavy (non-hydrogen) atoms. The Morgan fingerprint density at radius 2 is 2.00 bits per heavy atom. The number of hydrogen-bond acceptors (Lipinski definition) is 6. The Morgan fingerprint density at radius 1 is 1.38 bits per heavy atom. The Hall–Kier alpha value is -2.59. The molecule has 130 valence electrons. The van der Waals surface area contributed by atoms with E-state index in [1.165, 1.54) is 24.3 Å². The highest BCUT2D eigenvalue weighted by Gasteiger charge is 2.14. The lowest BCUT2D eigenvalue weighted by molar-refractivity contribution is -0.384. The number of benzene rings is 1. The number of nitro groups is 1. The number of hydrogen-bond donors (Lipinski definition) is 3. The standard InChI is InChI=1S/C14H19N5O4S/c1-18(2)9-3-8-15-14(24)17-16-12(13(20)21)10-4-6-11(7-5-10)19(22)23/h4-7H,3,8-9H2,1-2H3,(H,20,21)(H2,15,17,24)/b16-12+. The zero-order valence-electron chi connectivity index (χ0n) is 13.4. The van der Waals surface area contributed by atoms with Gasteiger partial charge in [0, 0.05) is 24.2 Å². The molecule has 0 atom stereocenters. The number of carbonyl (C=O) groups is 1. The van der Waals surface area contributed by atoms with Crippen molar-refractivity contribution in [2.24, 2.45) is 5.10 Å². The van der Waals surface area contributed by atoms with Crippen molar-refractivity contribution in [2.75, 3.05) is 27.2 Å². The lowest BCUT2D eigenvalue weighted by Crippen LogP contribution is -2.35. The van der Waals surface area contributed by atoms with Gasteiger partial charge in [0.25, 0.3) is 5.69 Å². The first-order valence-electron chi connectivity index (χ1n) is 7.05. The summed E-state index contributed by atoms with van der Waals surface area (Å²) in [6.45, 7) is 1.52. The van der Waals surface area contributed by atoms with Crippen LogP contribution >= 0.6 is 12.2 Å². The van der Waals surface area contributed by atoms with Gasteiger partial charge in [-0.3, -0.25) is 15.5 Å². The smallest absolute Gasteiger partial charge is 0.356 e. The lowest BCUT2D eigenvalue weighted by atomic mass is 10.1. The molecule has 0 bridgehead atoms. The van der Waals surface area contributed by atoms with E-state index < -0.39 is 10.9 Å². The van der Waals surface area contributed by atoms with Crippen molar-refractivity contribution in [2.45, 2.75) is 6.42 Å². The average molecular weight is 353 g/mol. The minimum Gasteiger partial charge on any atom is -0.476 e. The number of aliphatic carboxylic acids is 1. The quantitative estimate of drug-likeness (QED) is 0.206. The van der Waals surface area contributed by atoms with Crippen molar-refractivity contribution in [3.05, 3.63) is 39.9 Å². The van der Waals surface area contributed by atoms with Crippen LogP contribution in [0.15, 0.2) is 29.4 Å². The van der Waals surface area contributed by atoms with Crippen LogP contribution in [-0.4, -0.2) is 58.9 Å². The van der Waals surface area contributed by atoms with E-state index in [0.29, 0.717) is 6.54 Å². The van der Waals surface area contributed by atoms with Gasteiger partial charge >= 0.3 is 5.97 Å². The molecule has 0 saturated heterocycles. The van der Waals surface area contributed by atoms with E-state index in [9.17, 15) is 20.0 Å². The second-order valence-electron chi connectivity index (χ2n) is 5.09. The van der Waals surface area contributed by atoms with E-state index in [1.54, 1.807) is 0 Å². The van der Waals surface area contributed by atoms with Crippen molar-refractivity contribution >= 4 is 34.7 Å². The molecule has 0 fully saturated rings. The molecule has 1 rings (SSSR count). The summed E-state index contributed by atoms with van der Waals surface area (Å²) in [6.07, 6.45) is 0.868. The highest BCUT2D eigenvalue weighted by Crippen LogP contribution is 2.12. The zero-order valence-corrected chi connectivity index (χ0v) is 14.2. The summed E-state index contributed by atoms with van der Waals surface area (Å²) in [5.41, 5.74) is 2.28. The number of rotatable bonds is 8. The van der Waals surface area contributed by atoms with Crippen LogP contribution in [0.25, 0.3) is 0 Å². The normalized spacial score (nSPS) is 11.2.